The number of allylic oxidation sites excluding steroid dienone is 3. The third-order valence-corrected chi connectivity index (χ3v) is 22.3. The minimum atomic E-state index is -5.06. The molecule has 0 saturated carbocycles. The van der Waals surface area contributed by atoms with Gasteiger partial charge in [-0.25, -0.2) is 9.55 Å². The number of nitrogens with one attached hydrogen (secondary N) is 1. The van der Waals surface area contributed by atoms with Crippen LogP contribution >= 0.6 is 7.82 Å². The molecule has 1 radical (unpaired) electrons. The second kappa shape index (κ2) is 27.2. The number of hydrogen-bond acceptors (Lipinski definition) is 13. The minimum absolute atomic E-state index is 0. The molecule has 2 aromatic rings. The third-order valence-electron chi connectivity index (χ3n) is 21.2. The zero-order valence-electron chi connectivity index (χ0n) is 53.8. The van der Waals surface area contributed by atoms with Crippen LogP contribution in [0.1, 0.15) is 150 Å². The molecule has 16 N–H and O–H groups in total. The molecule has 8 bridgehead atoms. The summed E-state index contributed by atoms with van der Waals surface area (Å²) in [5, 5.41) is 46.9. The molecule has 3 unspecified atom stereocenters. The predicted octanol–water partition coefficient (Wildman–Crippen LogP) is 3.90. The maximum atomic E-state index is 14.4. The molecule has 6 aliphatic rings. The van der Waals surface area contributed by atoms with Gasteiger partial charge in [-0.2, -0.15) is 17.1 Å². The van der Waals surface area contributed by atoms with Gasteiger partial charge < -0.3 is 85.4 Å². The number of carbonyl (C=O) groups excluding carboxylic acids is 7. The molecule has 8 rings (SSSR count). The molecule has 507 valence electrons. The Kier molecular flexibility index (Phi) is 21.7. The van der Waals surface area contributed by atoms with Crippen molar-refractivity contribution < 1.29 is 88.4 Å². The maximum absolute atomic E-state index is 14.4. The number of phosphoric ester groups is 1. The van der Waals surface area contributed by atoms with Gasteiger partial charge in [0.25, 0.3) is 0 Å². The van der Waals surface area contributed by atoms with E-state index in [-0.39, 0.29) is 94.0 Å². The molecule has 0 spiro atoms. The molecule has 5 fully saturated rings. The summed E-state index contributed by atoms with van der Waals surface area (Å²) in [6, 6.07) is 0.417. The van der Waals surface area contributed by atoms with Crippen LogP contribution in [0, 0.1) is 59.2 Å². The Labute approximate surface area is 541 Å². The standard InChI is InChI=1S/C62H92N13O14P.Co/c1-29-20-39-40(21-30(29)2)75(28-70-39)57-52(84)53(41(27-76)87-57)89-90(85,86)88-31(3)26-69-49(83)18-19-59(8)37(22-46(66)80)56-62(11)61(10,25-48(68)82)36(14-17-45(65)79)51(74-62)33(5)55-60(9,24-47(67)81)34(12-15-43(63)77)38(71-55)23-42-58(6,7)35(13-16-44(64)78)50(72-42)32(4)54(59)73-56;/h20-21,23,28,31,34-38,41,50-53,56-57,76,84H,12-19,22,24-27H2,1-11H3,(H14,63,64,65,66,67,68,69,77,78,79,80,81,82,83,85,86);/q-4;/b42-23-,54-32-,55-33-;/t31-,34-,35-,36-,37+,38?,41-,50?,51+,52-,53-,56-,57+,59-,60+,61+,62+;/m1./s1. The molecule has 7 amide bonds. The van der Waals surface area contributed by atoms with Gasteiger partial charge in [-0.05, 0) is 129 Å². The molecule has 1 aromatic heterocycles. The summed E-state index contributed by atoms with van der Waals surface area (Å²) >= 11 is 0. The van der Waals surface area contributed by atoms with Gasteiger partial charge >= 0.3 is 7.82 Å². The van der Waals surface area contributed by atoms with E-state index < -0.39 is 161 Å². The van der Waals surface area contributed by atoms with Gasteiger partial charge in [0.2, 0.25) is 41.4 Å². The summed E-state index contributed by atoms with van der Waals surface area (Å²) in [6.45, 7) is 19.5. The van der Waals surface area contributed by atoms with Crippen LogP contribution in [0.15, 0.2) is 52.8 Å². The number of fused-ring (bicyclic) bond motifs is 10. The number of hydrogen-bond donors (Lipinski definition) is 10. The number of aromatic nitrogens is 2. The van der Waals surface area contributed by atoms with Crippen molar-refractivity contribution in [3.8, 4) is 0 Å². The number of aliphatic hydroxyl groups is 2. The average molecular weight is 1330 g/mol. The maximum Gasteiger partial charge on any atom is 0.472 e. The fourth-order valence-electron chi connectivity index (χ4n) is 16.1. The van der Waals surface area contributed by atoms with Gasteiger partial charge in [-0.3, -0.25) is 42.6 Å². The monoisotopic (exact) mass is 1330 g/mol. The molecular weight excluding hydrogens is 1240 g/mol. The third kappa shape index (κ3) is 14.0. The van der Waals surface area contributed by atoms with Crippen LogP contribution in [-0.2, 0) is 68.7 Å². The van der Waals surface area contributed by atoms with E-state index >= 15 is 0 Å². The second-order valence-electron chi connectivity index (χ2n) is 27.5. The van der Waals surface area contributed by atoms with Gasteiger partial charge in [0.05, 0.1) is 30.1 Å². The molecule has 5 saturated heterocycles. The Balaban J connectivity index is 0.0000118. The van der Waals surface area contributed by atoms with Crippen LogP contribution in [0.5, 0.6) is 0 Å². The van der Waals surface area contributed by atoms with E-state index in [9.17, 15) is 53.2 Å². The van der Waals surface area contributed by atoms with Crippen molar-refractivity contribution in [1.29, 1.82) is 0 Å². The number of amides is 7. The Bertz CT molecular complexity index is 3340. The molecule has 0 aliphatic carbocycles. The average Bonchev–Trinajstić information content (AvgIpc) is 1.53. The van der Waals surface area contributed by atoms with Crippen molar-refractivity contribution in [3.63, 3.8) is 0 Å². The number of rotatable bonds is 26. The zero-order valence-corrected chi connectivity index (χ0v) is 55.7. The van der Waals surface area contributed by atoms with Crippen molar-refractivity contribution in [2.75, 3.05) is 13.2 Å². The van der Waals surface area contributed by atoms with Crippen LogP contribution in [0.4, 0.5) is 0 Å². The van der Waals surface area contributed by atoms with Gasteiger partial charge in [0.1, 0.15) is 18.3 Å². The molecule has 27 nitrogen and oxygen atoms in total. The summed E-state index contributed by atoms with van der Waals surface area (Å²) in [6.07, 6.45) is -3.96. The number of nitrogens with two attached hydrogens (primary N) is 6. The first-order chi connectivity index (χ1) is 41.8. The Morgan fingerprint density at radius 2 is 1.31 bits per heavy atom. The van der Waals surface area contributed by atoms with E-state index in [1.807, 2.05) is 87.4 Å². The fourth-order valence-corrected chi connectivity index (χ4v) is 17.3. The number of ether oxygens (including phenoxy) is 1. The SMILES string of the molecule is C/C1=C2/[N-][C@H]([C@H](CC(N)=O)[C@@]2(C)CCC(=O)NC[C@@H](C)OP(=O)(O)O[C@H]2[C@@H](O)[C@@H]([n+]3c[n-]c4cc(C)c(C)cc43)O[C@@H]2CO)[C@]2(C)[N-][C@@H](/C(C)=C3\[N-]C(/C=C4\[N-]C1[C@@H](CCC(N)=O)C4(C)C)[C@@H](CCC(N)=O)[C@]3(C)CC(N)=O)[C@@H](CCC(N)=O)[C@]2(C)CC(N)=O.[Co]. The van der Waals surface area contributed by atoms with Crippen molar-refractivity contribution >= 4 is 60.2 Å². The van der Waals surface area contributed by atoms with E-state index in [0.29, 0.717) is 39.3 Å². The number of phosphoric acid groups is 1. The van der Waals surface area contributed by atoms with Gasteiger partial charge in [-0.1, -0.05) is 53.6 Å². The first kappa shape index (κ1) is 72.5. The largest absolute Gasteiger partial charge is 0.685 e. The van der Waals surface area contributed by atoms with E-state index in [2.05, 4.69) is 10.3 Å². The summed E-state index contributed by atoms with van der Waals surface area (Å²) in [5.41, 5.74) is 36.2. The summed E-state index contributed by atoms with van der Waals surface area (Å²) in [5.74, 6) is -6.86. The van der Waals surface area contributed by atoms with E-state index in [4.69, 9.17) is 69.5 Å². The fraction of sp³-hybridized carbons (Fsp3) is 0.677. The second-order valence-corrected chi connectivity index (χ2v) is 28.9. The number of benzene rings is 1. The van der Waals surface area contributed by atoms with Gasteiger partial charge in [0, 0.05) is 68.3 Å². The van der Waals surface area contributed by atoms with Crippen LogP contribution in [0.3, 0.4) is 0 Å². The smallest absolute Gasteiger partial charge is 0.472 e. The quantitative estimate of drug-likeness (QED) is 0.0472. The molecule has 1 aromatic carbocycles. The van der Waals surface area contributed by atoms with Crippen molar-refractivity contribution in [1.82, 2.24) is 10.3 Å². The Morgan fingerprint density at radius 3 is 1.89 bits per heavy atom. The predicted molar refractivity (Wildman–Crippen MR) is 331 cm³/mol. The normalized spacial score (nSPS) is 36.3. The number of imidazole rings is 1. The Morgan fingerprint density at radius 1 is 0.736 bits per heavy atom. The van der Waals surface area contributed by atoms with Crippen LogP contribution in [0.2, 0.25) is 0 Å². The van der Waals surface area contributed by atoms with Crippen LogP contribution < -0.4 is 49.3 Å². The van der Waals surface area contributed by atoms with E-state index in [0.717, 1.165) is 11.1 Å². The molecular formula is C62H92CoN13O14P-4. The summed E-state index contributed by atoms with van der Waals surface area (Å²) < 4.78 is 32.3. The first-order valence-electron chi connectivity index (χ1n) is 30.9. The summed E-state index contributed by atoms with van der Waals surface area (Å²) in [7, 11) is -5.06. The molecule has 29 heteroatoms. The number of aliphatic hydroxyl groups excluding tert-OH is 2. The van der Waals surface area contributed by atoms with Gasteiger partial charge in [0.15, 0.2) is 6.23 Å². The molecule has 7 heterocycles. The molecule has 18 atom stereocenters. The van der Waals surface area contributed by atoms with E-state index in [1.54, 1.807) is 4.57 Å². The van der Waals surface area contributed by atoms with Crippen LogP contribution in [0.25, 0.3) is 32.3 Å². The number of primary amides is 6. The summed E-state index contributed by atoms with van der Waals surface area (Å²) in [4.78, 5) is 109. The molecule has 91 heavy (non-hydrogen) atoms. The van der Waals surface area contributed by atoms with Crippen molar-refractivity contribution in [2.45, 2.75) is 207 Å². The van der Waals surface area contributed by atoms with Crippen molar-refractivity contribution in [3.05, 3.63) is 85.2 Å². The van der Waals surface area contributed by atoms with Crippen LogP contribution in [-0.4, -0.2) is 124 Å². The number of carbonyl (C=O) groups is 7. The molecule has 6 aliphatic heterocycles. The Hall–Kier alpha value is -5.94. The first-order valence-corrected chi connectivity index (χ1v) is 32.4. The van der Waals surface area contributed by atoms with Gasteiger partial charge in [-0.15, -0.1) is 34.8 Å². The number of aryl methyl sites for hydroxylation is 2. The van der Waals surface area contributed by atoms with E-state index in [1.165, 1.54) is 13.3 Å². The zero-order chi connectivity index (χ0) is 66.7. The van der Waals surface area contributed by atoms with Crippen molar-refractivity contribution in [2.24, 2.45) is 79.7 Å². The topological polar surface area (TPSA) is 467 Å². The minimum Gasteiger partial charge on any atom is -0.685 e. The number of nitrogens with zero attached hydrogens (tertiary/aromatic N) is 6.